The molecule has 0 saturated carbocycles. The smallest absolute Gasteiger partial charge is 0.407 e. The molecule has 2 unspecified atom stereocenters. The van der Waals surface area contributed by atoms with Gasteiger partial charge in [-0.25, -0.2) is 4.79 Å². The van der Waals surface area contributed by atoms with Gasteiger partial charge in [0.05, 0.1) is 0 Å². The molecule has 1 heterocycles. The van der Waals surface area contributed by atoms with Crippen LogP contribution in [0.3, 0.4) is 0 Å². The predicted molar refractivity (Wildman–Crippen MR) is 86.3 cm³/mol. The minimum Gasteiger partial charge on any atom is -0.444 e. The molecule has 4 nitrogen and oxygen atoms in total. The summed E-state index contributed by atoms with van der Waals surface area (Å²) in [5.41, 5.74) is -0.0380. The molecule has 0 aliphatic carbocycles. The van der Waals surface area contributed by atoms with Gasteiger partial charge in [-0.15, -0.1) is 0 Å². The van der Waals surface area contributed by atoms with Gasteiger partial charge < -0.3 is 15.4 Å². The minimum atomic E-state index is -0.443. The molecule has 2 N–H and O–H groups in total. The van der Waals surface area contributed by atoms with Crippen LogP contribution in [0.1, 0.15) is 48.0 Å². The molecule has 1 aliphatic heterocycles. The molecule has 1 fully saturated rings. The lowest BCUT2D eigenvalue weighted by molar-refractivity contribution is 0.0507. The van der Waals surface area contributed by atoms with Gasteiger partial charge >= 0.3 is 6.09 Å². The summed E-state index contributed by atoms with van der Waals surface area (Å²) in [5, 5.41) is 6.42. The Morgan fingerprint density at radius 2 is 2.10 bits per heavy atom. The van der Waals surface area contributed by atoms with Gasteiger partial charge in [-0.05, 0) is 45.3 Å². The van der Waals surface area contributed by atoms with Crippen LogP contribution in [0.2, 0.25) is 0 Å². The lowest BCUT2D eigenvalue weighted by Crippen LogP contribution is -2.47. The first-order valence-corrected chi connectivity index (χ1v) is 8.53. The highest BCUT2D eigenvalue weighted by atomic mass is 32.2. The zero-order valence-electron chi connectivity index (χ0n) is 13.7. The summed E-state index contributed by atoms with van der Waals surface area (Å²) >= 11 is 2.01. The van der Waals surface area contributed by atoms with E-state index in [1.54, 1.807) is 0 Å². The molecule has 0 aromatic carbocycles. The molecule has 5 heteroatoms. The van der Waals surface area contributed by atoms with E-state index in [4.69, 9.17) is 4.74 Å². The van der Waals surface area contributed by atoms with Crippen LogP contribution in [0, 0.1) is 5.41 Å². The predicted octanol–water partition coefficient (Wildman–Crippen LogP) is 3.02. The Morgan fingerprint density at radius 1 is 1.45 bits per heavy atom. The first kappa shape index (κ1) is 17.6. The third kappa shape index (κ3) is 7.39. The maximum Gasteiger partial charge on any atom is 0.407 e. The zero-order chi connectivity index (χ0) is 15.4. The van der Waals surface area contributed by atoms with Crippen molar-refractivity contribution in [1.82, 2.24) is 10.6 Å². The van der Waals surface area contributed by atoms with Crippen molar-refractivity contribution in [3.05, 3.63) is 0 Å². The summed E-state index contributed by atoms with van der Waals surface area (Å²) in [7, 11) is 0. The van der Waals surface area contributed by atoms with Gasteiger partial charge in [-0.3, -0.25) is 0 Å². The van der Waals surface area contributed by atoms with E-state index in [0.717, 1.165) is 12.3 Å². The van der Waals surface area contributed by atoms with Crippen molar-refractivity contribution in [2.24, 2.45) is 5.41 Å². The van der Waals surface area contributed by atoms with Gasteiger partial charge in [-0.1, -0.05) is 13.8 Å². The lowest BCUT2D eigenvalue weighted by atomic mass is 9.88. The van der Waals surface area contributed by atoms with Crippen molar-refractivity contribution in [2.45, 2.75) is 65.6 Å². The van der Waals surface area contributed by atoms with Gasteiger partial charge in [0.1, 0.15) is 5.60 Å². The van der Waals surface area contributed by atoms with Crippen LogP contribution in [0.15, 0.2) is 0 Å². The molecule has 1 rings (SSSR count). The molecule has 0 aromatic rings. The summed E-state index contributed by atoms with van der Waals surface area (Å²) in [5.74, 6) is 2.39. The zero-order valence-corrected chi connectivity index (χ0v) is 14.5. The van der Waals surface area contributed by atoms with E-state index in [1.165, 1.54) is 12.2 Å². The van der Waals surface area contributed by atoms with Crippen molar-refractivity contribution in [3.8, 4) is 0 Å². The van der Waals surface area contributed by atoms with Crippen molar-refractivity contribution < 1.29 is 9.53 Å². The molecule has 0 radical (unpaired) electrons. The maximum atomic E-state index is 11.7. The van der Waals surface area contributed by atoms with Crippen LogP contribution in [-0.4, -0.2) is 41.8 Å². The number of ether oxygens (including phenoxy) is 1. The fourth-order valence-corrected chi connectivity index (χ4v) is 3.61. The minimum absolute atomic E-state index is 0.0693. The molecule has 20 heavy (non-hydrogen) atoms. The highest BCUT2D eigenvalue weighted by molar-refractivity contribution is 7.99. The van der Waals surface area contributed by atoms with E-state index in [0.29, 0.717) is 11.5 Å². The molecular weight excluding hydrogens is 272 g/mol. The molecule has 1 aliphatic rings. The Labute approximate surface area is 127 Å². The Kier molecular flexibility index (Phi) is 6.20. The molecule has 118 valence electrons. The fraction of sp³-hybridized carbons (Fsp3) is 0.933. The average molecular weight is 302 g/mol. The van der Waals surface area contributed by atoms with E-state index in [-0.39, 0.29) is 12.1 Å². The van der Waals surface area contributed by atoms with E-state index in [2.05, 4.69) is 24.5 Å². The molecule has 0 aromatic heterocycles. The van der Waals surface area contributed by atoms with Crippen LogP contribution in [0.25, 0.3) is 0 Å². The summed E-state index contributed by atoms with van der Waals surface area (Å²) in [4.78, 5) is 11.7. The Balaban J connectivity index is 2.26. The Morgan fingerprint density at radius 3 is 2.65 bits per heavy atom. The van der Waals surface area contributed by atoms with Crippen LogP contribution >= 0.6 is 11.8 Å². The number of carbonyl (C=O) groups is 1. The Bertz CT molecular complexity index is 326. The van der Waals surface area contributed by atoms with Crippen molar-refractivity contribution in [2.75, 3.05) is 18.1 Å². The maximum absolute atomic E-state index is 11.7. The molecule has 1 amide bonds. The number of hydrogen-bond acceptors (Lipinski definition) is 4. The number of nitrogens with one attached hydrogen (secondary N) is 2. The number of alkyl carbamates (subject to hydrolysis) is 1. The van der Waals surface area contributed by atoms with Crippen molar-refractivity contribution in [1.29, 1.82) is 0 Å². The average Bonchev–Trinajstić information content (AvgIpc) is 2.22. The van der Waals surface area contributed by atoms with Crippen LogP contribution in [0.4, 0.5) is 4.79 Å². The summed E-state index contributed by atoms with van der Waals surface area (Å²) in [6, 6.07) is 0.603. The van der Waals surface area contributed by atoms with E-state index >= 15 is 0 Å². The van der Waals surface area contributed by atoms with E-state index in [9.17, 15) is 4.79 Å². The van der Waals surface area contributed by atoms with Crippen LogP contribution in [-0.2, 0) is 4.74 Å². The summed E-state index contributed by atoms with van der Waals surface area (Å²) in [6.07, 6.45) is 0.851. The van der Waals surface area contributed by atoms with E-state index < -0.39 is 5.60 Å². The van der Waals surface area contributed by atoms with Crippen LogP contribution in [0.5, 0.6) is 0 Å². The number of thioether (sulfide) groups is 1. The third-order valence-corrected chi connectivity index (χ3v) is 4.71. The molecular formula is C15H30N2O2S. The standard InChI is InChI=1S/C15H30N2O2S/c1-11(17-13(18)19-14(2,3)4)8-16-12-7-15(5,6)10-20-9-12/h11-12,16H,7-10H2,1-6H3,(H,17,18). The normalized spacial score (nSPS) is 24.0. The second-order valence-corrected chi connectivity index (χ2v) is 8.57. The molecule has 0 spiro atoms. The van der Waals surface area contributed by atoms with Gasteiger partial charge in [-0.2, -0.15) is 11.8 Å². The highest BCUT2D eigenvalue weighted by Crippen LogP contribution is 2.33. The summed E-state index contributed by atoms with van der Waals surface area (Å²) in [6.45, 7) is 13.0. The second-order valence-electron chi connectivity index (χ2n) is 7.54. The van der Waals surface area contributed by atoms with Gasteiger partial charge in [0.25, 0.3) is 0 Å². The third-order valence-electron chi connectivity index (χ3n) is 3.09. The second kappa shape index (κ2) is 7.03. The lowest BCUT2D eigenvalue weighted by Gasteiger charge is -2.35. The van der Waals surface area contributed by atoms with Gasteiger partial charge in [0.2, 0.25) is 0 Å². The largest absolute Gasteiger partial charge is 0.444 e. The topological polar surface area (TPSA) is 50.4 Å². The van der Waals surface area contributed by atoms with Gasteiger partial charge in [0.15, 0.2) is 0 Å². The molecule has 2 atom stereocenters. The monoisotopic (exact) mass is 302 g/mol. The fourth-order valence-electron chi connectivity index (χ4n) is 2.30. The summed E-state index contributed by atoms with van der Waals surface area (Å²) < 4.78 is 5.25. The first-order chi connectivity index (χ1) is 9.07. The molecule has 0 bridgehead atoms. The SMILES string of the molecule is CC(CNC1CSCC(C)(C)C1)NC(=O)OC(C)(C)C. The van der Waals surface area contributed by atoms with Crippen molar-refractivity contribution in [3.63, 3.8) is 0 Å². The van der Waals surface area contributed by atoms with Crippen molar-refractivity contribution >= 4 is 17.9 Å². The number of amides is 1. The number of hydrogen-bond donors (Lipinski definition) is 2. The highest BCUT2D eigenvalue weighted by Gasteiger charge is 2.28. The van der Waals surface area contributed by atoms with Crippen LogP contribution < -0.4 is 10.6 Å². The Hall–Kier alpha value is -0.420. The molecule has 1 saturated heterocycles. The number of carbonyl (C=O) groups excluding carboxylic acids is 1. The first-order valence-electron chi connectivity index (χ1n) is 7.38. The van der Waals surface area contributed by atoms with Gasteiger partial charge in [0, 0.05) is 24.4 Å². The number of rotatable bonds is 4. The quantitative estimate of drug-likeness (QED) is 0.838. The van der Waals surface area contributed by atoms with E-state index in [1.807, 2.05) is 39.5 Å².